The number of aromatic nitrogens is 2. The molecular weight excluding hydrogens is 240 g/mol. The fraction of sp³-hybridized carbons (Fsp3) is 0.714. The third-order valence-electron chi connectivity index (χ3n) is 4.74. The predicted octanol–water partition coefficient (Wildman–Crippen LogP) is 1.05. The van der Waals surface area contributed by atoms with Crippen LogP contribution in [0.15, 0.2) is 6.20 Å². The van der Waals surface area contributed by atoms with E-state index in [9.17, 15) is 4.79 Å². The van der Waals surface area contributed by atoms with Crippen molar-refractivity contribution in [3.05, 3.63) is 17.5 Å². The molecule has 104 valence electrons. The number of aryl methyl sites for hydroxylation is 1. The minimum atomic E-state index is 0.0281. The summed E-state index contributed by atoms with van der Waals surface area (Å²) in [6, 6.07) is 0.990. The molecule has 5 heteroatoms. The van der Waals surface area contributed by atoms with Crippen molar-refractivity contribution < 1.29 is 4.79 Å². The van der Waals surface area contributed by atoms with Gasteiger partial charge in [0.25, 0.3) is 0 Å². The summed E-state index contributed by atoms with van der Waals surface area (Å²) >= 11 is 0. The largest absolute Gasteiger partial charge is 0.349 e. The summed E-state index contributed by atoms with van der Waals surface area (Å²) in [7, 11) is 1.92. The van der Waals surface area contributed by atoms with Gasteiger partial charge in [-0.2, -0.15) is 5.10 Å². The van der Waals surface area contributed by atoms with Gasteiger partial charge in [0.2, 0.25) is 5.91 Å². The average Bonchev–Trinajstić information content (AvgIpc) is 3.06. The zero-order chi connectivity index (χ0) is 13.6. The van der Waals surface area contributed by atoms with Gasteiger partial charge in [-0.05, 0) is 33.1 Å². The molecule has 2 N–H and O–H groups in total. The minimum Gasteiger partial charge on any atom is -0.349 e. The number of nitrogens with one attached hydrogen (secondary N) is 2. The average molecular weight is 262 g/mol. The van der Waals surface area contributed by atoms with Crippen LogP contribution < -0.4 is 10.6 Å². The van der Waals surface area contributed by atoms with E-state index in [2.05, 4.69) is 15.7 Å². The Bertz CT molecular complexity index is 496. The van der Waals surface area contributed by atoms with E-state index >= 15 is 0 Å². The highest BCUT2D eigenvalue weighted by atomic mass is 16.2. The van der Waals surface area contributed by atoms with E-state index in [1.165, 1.54) is 6.42 Å². The second-order valence-electron chi connectivity index (χ2n) is 5.93. The summed E-state index contributed by atoms with van der Waals surface area (Å²) in [6.45, 7) is 4.06. The fourth-order valence-electron chi connectivity index (χ4n) is 3.45. The topological polar surface area (TPSA) is 59.0 Å². The van der Waals surface area contributed by atoms with E-state index in [4.69, 9.17) is 0 Å². The summed E-state index contributed by atoms with van der Waals surface area (Å²) in [6.07, 6.45) is 5.21. The number of hydrogen-bond donors (Lipinski definition) is 2. The number of nitrogens with zero attached hydrogens (tertiary/aromatic N) is 2. The number of carbonyl (C=O) groups is 1. The normalized spacial score (nSPS) is 30.6. The Morgan fingerprint density at radius 1 is 1.58 bits per heavy atom. The lowest BCUT2D eigenvalue weighted by Gasteiger charge is -2.22. The van der Waals surface area contributed by atoms with Gasteiger partial charge in [-0.25, -0.2) is 0 Å². The lowest BCUT2D eigenvalue weighted by Crippen LogP contribution is -2.38. The molecule has 5 nitrogen and oxygen atoms in total. The Hall–Kier alpha value is -1.36. The summed E-state index contributed by atoms with van der Waals surface area (Å²) in [5.41, 5.74) is 2.21. The van der Waals surface area contributed by atoms with Gasteiger partial charge in [-0.15, -0.1) is 0 Å². The molecule has 0 saturated carbocycles. The van der Waals surface area contributed by atoms with Crippen LogP contribution in [0.4, 0.5) is 0 Å². The first kappa shape index (κ1) is 12.7. The summed E-state index contributed by atoms with van der Waals surface area (Å²) in [5.74, 6) is 0.341. The molecular formula is C14H22N4O. The predicted molar refractivity (Wildman–Crippen MR) is 72.6 cm³/mol. The molecule has 2 fully saturated rings. The first-order chi connectivity index (χ1) is 9.06. The SMILES string of the molecule is Cc1c(C(C)NC(=O)C2CC3CCC2N3)cnn1C. The van der Waals surface area contributed by atoms with Crippen molar-refractivity contribution in [1.29, 1.82) is 0 Å². The second-order valence-corrected chi connectivity index (χ2v) is 5.93. The lowest BCUT2D eigenvalue weighted by molar-refractivity contribution is -0.126. The number of fused-ring (bicyclic) bond motifs is 2. The standard InChI is InChI=1S/C14H22N4O/c1-8(12-7-15-18(3)9(12)2)16-14(19)11-6-10-4-5-13(11)17-10/h7-8,10-11,13,17H,4-6H2,1-3H3,(H,16,19). The summed E-state index contributed by atoms with van der Waals surface area (Å²) < 4.78 is 1.84. The zero-order valence-corrected chi connectivity index (χ0v) is 11.8. The van der Waals surface area contributed by atoms with Crippen LogP contribution >= 0.6 is 0 Å². The number of amides is 1. The zero-order valence-electron chi connectivity index (χ0n) is 11.8. The molecule has 19 heavy (non-hydrogen) atoms. The van der Waals surface area contributed by atoms with E-state index in [0.717, 1.165) is 24.1 Å². The molecule has 2 bridgehead atoms. The lowest BCUT2D eigenvalue weighted by atomic mass is 9.88. The van der Waals surface area contributed by atoms with Crippen molar-refractivity contribution in [2.45, 2.75) is 51.2 Å². The van der Waals surface area contributed by atoms with Crippen LogP contribution in [0, 0.1) is 12.8 Å². The maximum Gasteiger partial charge on any atom is 0.225 e. The van der Waals surface area contributed by atoms with Gasteiger partial charge in [0.05, 0.1) is 18.2 Å². The highest BCUT2D eigenvalue weighted by Crippen LogP contribution is 2.33. The van der Waals surface area contributed by atoms with Crippen LogP contribution in [0.2, 0.25) is 0 Å². The number of carbonyl (C=O) groups excluding carboxylic acids is 1. The molecule has 4 unspecified atom stereocenters. The Balaban J connectivity index is 1.65. The second kappa shape index (κ2) is 4.63. The molecule has 0 aromatic carbocycles. The van der Waals surface area contributed by atoms with Gasteiger partial charge >= 0.3 is 0 Å². The van der Waals surface area contributed by atoms with Gasteiger partial charge < -0.3 is 10.6 Å². The first-order valence-electron chi connectivity index (χ1n) is 7.11. The van der Waals surface area contributed by atoms with Crippen LogP contribution in [0.1, 0.15) is 43.5 Å². The molecule has 0 aliphatic carbocycles. The molecule has 4 atom stereocenters. The van der Waals surface area contributed by atoms with Gasteiger partial charge in [-0.1, -0.05) is 0 Å². The molecule has 2 aliphatic rings. The fourth-order valence-corrected chi connectivity index (χ4v) is 3.45. The molecule has 1 amide bonds. The van der Waals surface area contributed by atoms with Crippen molar-refractivity contribution >= 4 is 5.91 Å². The summed E-state index contributed by atoms with van der Waals surface area (Å²) in [4.78, 5) is 12.4. The van der Waals surface area contributed by atoms with E-state index in [1.807, 2.05) is 31.8 Å². The number of rotatable bonds is 3. The highest BCUT2D eigenvalue weighted by molar-refractivity contribution is 5.80. The van der Waals surface area contributed by atoms with Gasteiger partial charge in [0.15, 0.2) is 0 Å². The quantitative estimate of drug-likeness (QED) is 0.856. The Kier molecular flexibility index (Phi) is 3.09. The highest BCUT2D eigenvalue weighted by Gasteiger charge is 2.42. The third kappa shape index (κ3) is 2.16. The van der Waals surface area contributed by atoms with Crippen molar-refractivity contribution in [2.75, 3.05) is 0 Å². The summed E-state index contributed by atoms with van der Waals surface area (Å²) in [5, 5.41) is 10.9. The Labute approximate surface area is 113 Å². The van der Waals surface area contributed by atoms with Crippen LogP contribution in [0.25, 0.3) is 0 Å². The Morgan fingerprint density at radius 2 is 2.37 bits per heavy atom. The molecule has 3 rings (SSSR count). The van der Waals surface area contributed by atoms with Gasteiger partial charge in [-0.3, -0.25) is 9.48 Å². The maximum atomic E-state index is 12.4. The molecule has 2 saturated heterocycles. The molecule has 0 spiro atoms. The van der Waals surface area contributed by atoms with E-state index in [1.54, 1.807) is 0 Å². The van der Waals surface area contributed by atoms with Crippen LogP contribution in [0.5, 0.6) is 0 Å². The van der Waals surface area contributed by atoms with Crippen LogP contribution in [0.3, 0.4) is 0 Å². The van der Waals surface area contributed by atoms with Gasteiger partial charge in [0.1, 0.15) is 0 Å². The first-order valence-corrected chi connectivity index (χ1v) is 7.11. The van der Waals surface area contributed by atoms with Crippen molar-refractivity contribution in [2.24, 2.45) is 13.0 Å². The van der Waals surface area contributed by atoms with Crippen molar-refractivity contribution in [3.63, 3.8) is 0 Å². The Morgan fingerprint density at radius 3 is 2.89 bits per heavy atom. The minimum absolute atomic E-state index is 0.0281. The third-order valence-corrected chi connectivity index (χ3v) is 4.74. The van der Waals surface area contributed by atoms with Crippen molar-refractivity contribution in [1.82, 2.24) is 20.4 Å². The van der Waals surface area contributed by atoms with E-state index in [0.29, 0.717) is 12.1 Å². The van der Waals surface area contributed by atoms with Gasteiger partial charge in [0, 0.05) is 30.4 Å². The maximum absolute atomic E-state index is 12.4. The molecule has 3 heterocycles. The molecule has 2 aliphatic heterocycles. The monoisotopic (exact) mass is 262 g/mol. The molecule has 1 aromatic rings. The van der Waals surface area contributed by atoms with Crippen molar-refractivity contribution in [3.8, 4) is 0 Å². The van der Waals surface area contributed by atoms with E-state index < -0.39 is 0 Å². The van der Waals surface area contributed by atoms with Crippen LogP contribution in [-0.4, -0.2) is 27.8 Å². The van der Waals surface area contributed by atoms with E-state index in [-0.39, 0.29) is 17.9 Å². The van der Waals surface area contributed by atoms with Crippen LogP contribution in [-0.2, 0) is 11.8 Å². The molecule has 1 aromatic heterocycles. The number of hydrogen-bond acceptors (Lipinski definition) is 3. The smallest absolute Gasteiger partial charge is 0.225 e. The molecule has 0 radical (unpaired) electrons.